The van der Waals surface area contributed by atoms with Crippen molar-refractivity contribution in [3.05, 3.63) is 23.4 Å². The molecule has 3 aromatic rings. The minimum atomic E-state index is 0.0444. The molecule has 9 heteroatoms. The largest absolute Gasteiger partial charge is 0.419 e. The number of nitrogens with one attached hydrogen (secondary N) is 1. The number of nitrogens with zero attached hydrogens (tertiary/aromatic N) is 4. The van der Waals surface area contributed by atoms with Crippen LogP contribution in [0.1, 0.15) is 30.9 Å². The second kappa shape index (κ2) is 5.98. The molecule has 0 spiro atoms. The van der Waals surface area contributed by atoms with Gasteiger partial charge < -0.3 is 9.73 Å². The lowest BCUT2D eigenvalue weighted by Crippen LogP contribution is -1.99. The fraction of sp³-hybridized carbons (Fsp3) is 0.385. The molecule has 0 bridgehead atoms. The summed E-state index contributed by atoms with van der Waals surface area (Å²) in [4.78, 5) is 0.989. The first-order valence-electron chi connectivity index (χ1n) is 6.92. The Kier molecular flexibility index (Phi) is 3.85. The molecule has 0 saturated heterocycles. The third kappa shape index (κ3) is 3.16. The molecule has 1 saturated carbocycles. The second-order valence-corrected chi connectivity index (χ2v) is 8.49. The van der Waals surface area contributed by atoms with E-state index in [9.17, 15) is 0 Å². The summed E-state index contributed by atoms with van der Waals surface area (Å²) in [6, 6.07) is 4.53. The minimum absolute atomic E-state index is 0.0444. The molecule has 4 rings (SSSR count). The van der Waals surface area contributed by atoms with E-state index in [1.807, 2.05) is 24.4 Å². The van der Waals surface area contributed by atoms with E-state index in [1.165, 1.54) is 12.8 Å². The van der Waals surface area contributed by atoms with Crippen LogP contribution < -0.4 is 5.32 Å². The van der Waals surface area contributed by atoms with Crippen LogP contribution in [0.3, 0.4) is 0 Å². The lowest BCUT2D eigenvalue weighted by atomic mass is 10.5. The highest BCUT2D eigenvalue weighted by Gasteiger charge is 2.23. The maximum absolute atomic E-state index is 5.75. The van der Waals surface area contributed by atoms with Crippen LogP contribution in [0.25, 0.3) is 10.8 Å². The van der Waals surface area contributed by atoms with Crippen LogP contribution in [0.15, 0.2) is 26.3 Å². The van der Waals surface area contributed by atoms with E-state index >= 15 is 0 Å². The zero-order valence-corrected chi connectivity index (χ0v) is 14.2. The molecule has 0 unspecified atom stereocenters. The average Bonchev–Trinajstić information content (AvgIpc) is 2.96. The Morgan fingerprint density at radius 3 is 3.00 bits per heavy atom. The van der Waals surface area contributed by atoms with Gasteiger partial charge in [-0.25, -0.2) is 0 Å². The molecule has 22 heavy (non-hydrogen) atoms. The molecule has 0 aromatic carbocycles. The molecular formula is C13H13N5OS3. The van der Waals surface area contributed by atoms with Gasteiger partial charge in [-0.1, -0.05) is 29.2 Å². The van der Waals surface area contributed by atoms with E-state index in [4.69, 9.17) is 4.42 Å². The Morgan fingerprint density at radius 2 is 2.23 bits per heavy atom. The first kappa shape index (κ1) is 14.2. The monoisotopic (exact) mass is 351 g/mol. The molecule has 3 aromatic heterocycles. The number of hydrogen-bond acceptors (Lipinski definition) is 9. The van der Waals surface area contributed by atoms with Crippen molar-refractivity contribution >= 4 is 39.6 Å². The summed E-state index contributed by atoms with van der Waals surface area (Å²) >= 11 is 4.75. The lowest BCUT2D eigenvalue weighted by molar-refractivity contribution is 0.510. The van der Waals surface area contributed by atoms with E-state index in [0.717, 1.165) is 14.3 Å². The number of thioether (sulfide) groups is 1. The molecule has 114 valence electrons. The van der Waals surface area contributed by atoms with Crippen molar-refractivity contribution < 1.29 is 4.42 Å². The summed E-state index contributed by atoms with van der Waals surface area (Å²) in [6.45, 7) is 2.03. The van der Waals surface area contributed by atoms with Crippen molar-refractivity contribution in [3.63, 3.8) is 0 Å². The number of anilines is 1. The molecule has 6 nitrogen and oxygen atoms in total. The summed E-state index contributed by atoms with van der Waals surface area (Å²) in [5.74, 6) is 1.19. The lowest BCUT2D eigenvalue weighted by Gasteiger charge is -2.01. The maximum atomic E-state index is 5.75. The second-order valence-electron chi connectivity index (χ2n) is 4.97. The van der Waals surface area contributed by atoms with Crippen LogP contribution in [0, 0.1) is 0 Å². The van der Waals surface area contributed by atoms with E-state index < -0.39 is 0 Å². The molecule has 0 aliphatic heterocycles. The fourth-order valence-electron chi connectivity index (χ4n) is 1.82. The molecule has 1 aliphatic carbocycles. The predicted molar refractivity (Wildman–Crippen MR) is 88.4 cm³/mol. The van der Waals surface area contributed by atoms with Crippen molar-refractivity contribution in [3.8, 4) is 10.8 Å². The van der Waals surface area contributed by atoms with Crippen LogP contribution >= 0.6 is 34.4 Å². The van der Waals surface area contributed by atoms with Gasteiger partial charge in [0.05, 0.1) is 10.1 Å². The Hall–Kier alpha value is -1.45. The van der Waals surface area contributed by atoms with E-state index in [-0.39, 0.29) is 5.25 Å². The Balaban J connectivity index is 1.43. The number of aromatic nitrogens is 4. The zero-order valence-electron chi connectivity index (χ0n) is 11.7. The zero-order chi connectivity index (χ0) is 14.9. The Bertz CT molecular complexity index is 749. The van der Waals surface area contributed by atoms with Crippen LogP contribution in [0.4, 0.5) is 5.13 Å². The highest BCUT2D eigenvalue weighted by atomic mass is 32.2. The fourth-order valence-corrected chi connectivity index (χ4v) is 4.47. The van der Waals surface area contributed by atoms with Gasteiger partial charge in [-0.2, -0.15) is 0 Å². The van der Waals surface area contributed by atoms with Crippen LogP contribution in [0.2, 0.25) is 0 Å². The smallest absolute Gasteiger partial charge is 0.257 e. The molecule has 0 amide bonds. The maximum Gasteiger partial charge on any atom is 0.257 e. The molecule has 1 aliphatic rings. The van der Waals surface area contributed by atoms with Gasteiger partial charge in [0.25, 0.3) is 5.89 Å². The SMILES string of the molecule is C[C@H](Sc1nnc(NC2CC2)s1)c1nnc(-c2cccs2)o1. The minimum Gasteiger partial charge on any atom is -0.419 e. The van der Waals surface area contributed by atoms with Crippen molar-refractivity contribution in [2.45, 2.75) is 35.4 Å². The van der Waals surface area contributed by atoms with Gasteiger partial charge in [-0.05, 0) is 31.2 Å². The summed E-state index contributed by atoms with van der Waals surface area (Å²) in [6.07, 6.45) is 2.46. The quantitative estimate of drug-likeness (QED) is 0.671. The van der Waals surface area contributed by atoms with Crippen molar-refractivity contribution in [2.24, 2.45) is 0 Å². The molecular weight excluding hydrogens is 338 g/mol. The van der Waals surface area contributed by atoms with Gasteiger partial charge in [0.15, 0.2) is 4.34 Å². The Morgan fingerprint density at radius 1 is 1.32 bits per heavy atom. The summed E-state index contributed by atoms with van der Waals surface area (Å²) in [5, 5.41) is 22.9. The van der Waals surface area contributed by atoms with Crippen molar-refractivity contribution in [2.75, 3.05) is 5.32 Å². The van der Waals surface area contributed by atoms with Crippen LogP contribution in [-0.4, -0.2) is 26.4 Å². The molecule has 1 atom stereocenters. The van der Waals surface area contributed by atoms with E-state index in [0.29, 0.717) is 17.8 Å². The van der Waals surface area contributed by atoms with Gasteiger partial charge in [-0.15, -0.1) is 31.7 Å². The van der Waals surface area contributed by atoms with Crippen LogP contribution in [0.5, 0.6) is 0 Å². The van der Waals surface area contributed by atoms with E-state index in [2.05, 4.69) is 25.7 Å². The van der Waals surface area contributed by atoms with Gasteiger partial charge in [0.2, 0.25) is 11.0 Å². The first-order valence-corrected chi connectivity index (χ1v) is 9.49. The number of thiophene rings is 1. The summed E-state index contributed by atoms with van der Waals surface area (Å²) < 4.78 is 6.66. The summed E-state index contributed by atoms with van der Waals surface area (Å²) in [5.41, 5.74) is 0. The first-order chi connectivity index (χ1) is 10.8. The summed E-state index contributed by atoms with van der Waals surface area (Å²) in [7, 11) is 0. The average molecular weight is 351 g/mol. The standard InChI is InChI=1S/C13H13N5OS3/c1-7(10-15-16-11(19-10)9-3-2-6-20-9)21-13-18-17-12(22-13)14-8-4-5-8/h2-3,6-8H,4-5H2,1H3,(H,14,17)/t7-/m0/s1. The molecule has 3 heterocycles. The Labute approximate surface area is 139 Å². The topological polar surface area (TPSA) is 76.7 Å². The van der Waals surface area contributed by atoms with Gasteiger partial charge in [0.1, 0.15) is 0 Å². The highest BCUT2D eigenvalue weighted by molar-refractivity contribution is 8.01. The normalized spacial score (nSPS) is 15.9. The highest BCUT2D eigenvalue weighted by Crippen LogP contribution is 2.38. The van der Waals surface area contributed by atoms with Crippen molar-refractivity contribution in [1.29, 1.82) is 0 Å². The van der Waals surface area contributed by atoms with Crippen molar-refractivity contribution in [1.82, 2.24) is 20.4 Å². The van der Waals surface area contributed by atoms with Crippen LogP contribution in [-0.2, 0) is 0 Å². The predicted octanol–water partition coefficient (Wildman–Crippen LogP) is 4.08. The third-order valence-electron chi connectivity index (χ3n) is 3.11. The number of rotatable bonds is 6. The van der Waals surface area contributed by atoms with Gasteiger partial charge in [0, 0.05) is 6.04 Å². The van der Waals surface area contributed by atoms with Gasteiger partial charge in [-0.3, -0.25) is 0 Å². The number of hydrogen-bond donors (Lipinski definition) is 1. The third-order valence-corrected chi connectivity index (χ3v) is 5.99. The molecule has 0 radical (unpaired) electrons. The van der Waals surface area contributed by atoms with E-state index in [1.54, 1.807) is 34.4 Å². The molecule has 1 N–H and O–H groups in total. The molecule has 1 fully saturated rings. The van der Waals surface area contributed by atoms with Gasteiger partial charge >= 0.3 is 0 Å².